The summed E-state index contributed by atoms with van der Waals surface area (Å²) in [6, 6.07) is 8.32. The van der Waals surface area contributed by atoms with E-state index in [1.165, 1.54) is 6.07 Å². The van der Waals surface area contributed by atoms with E-state index in [0.29, 0.717) is 42.1 Å². The van der Waals surface area contributed by atoms with Crippen molar-refractivity contribution >= 4 is 38.4 Å². The lowest BCUT2D eigenvalue weighted by molar-refractivity contribution is -0.305. The molecule has 0 saturated carbocycles. The van der Waals surface area contributed by atoms with Crippen LogP contribution in [0.3, 0.4) is 0 Å². The first kappa shape index (κ1) is 19.3. The summed E-state index contributed by atoms with van der Waals surface area (Å²) in [5.74, 6) is -1.22. The monoisotopic (exact) mass is 389 g/mol. The van der Waals surface area contributed by atoms with Gasteiger partial charge in [0.15, 0.2) is 0 Å². The number of carboxylic acids is 1. The molecule has 0 spiro atoms. The van der Waals surface area contributed by atoms with Gasteiger partial charge in [0.2, 0.25) is 10.0 Å². The van der Waals surface area contributed by atoms with E-state index in [4.69, 9.17) is 0 Å². The van der Waals surface area contributed by atoms with Crippen LogP contribution in [0.1, 0.15) is 43.0 Å². The van der Waals surface area contributed by atoms with Gasteiger partial charge in [0, 0.05) is 35.4 Å². The Balaban J connectivity index is 1.82. The molecule has 2 aromatic rings. The molecule has 7 nitrogen and oxygen atoms in total. The van der Waals surface area contributed by atoms with Crippen LogP contribution in [0.15, 0.2) is 35.2 Å². The first-order valence-corrected chi connectivity index (χ1v) is 10.4. The Bertz CT molecular complexity index is 1000. The second kappa shape index (κ2) is 7.66. The highest BCUT2D eigenvalue weighted by atomic mass is 32.2. The zero-order valence-corrected chi connectivity index (χ0v) is 15.8. The van der Waals surface area contributed by atoms with E-state index in [9.17, 15) is 23.1 Å². The molecule has 8 heteroatoms. The molecule has 0 fully saturated rings. The fourth-order valence-electron chi connectivity index (χ4n) is 3.42. The molecule has 0 atom stereocenters. The van der Waals surface area contributed by atoms with Crippen LogP contribution in [-0.4, -0.2) is 33.4 Å². The molecule has 0 radical (unpaired) electrons. The second-order valence-corrected chi connectivity index (χ2v) is 8.18. The lowest BCUT2D eigenvalue weighted by atomic mass is 10.1. The van der Waals surface area contributed by atoms with E-state index in [0.717, 1.165) is 5.69 Å². The van der Waals surface area contributed by atoms with Gasteiger partial charge < -0.3 is 14.8 Å². The SMILES string of the molecule is CCN1C(=O)c2cccc3c(S(=O)(=O)NCCCCCC(=O)[O-])ccc1c23. The van der Waals surface area contributed by atoms with E-state index in [1.54, 1.807) is 29.2 Å². The molecule has 1 aliphatic heterocycles. The molecule has 1 heterocycles. The number of carbonyl (C=O) groups excluding carboxylic acids is 2. The average molecular weight is 389 g/mol. The van der Waals surface area contributed by atoms with E-state index < -0.39 is 16.0 Å². The number of carbonyl (C=O) groups is 2. The second-order valence-electron chi connectivity index (χ2n) is 6.44. The molecule has 0 aliphatic carbocycles. The Hall–Kier alpha value is -2.45. The van der Waals surface area contributed by atoms with Crippen LogP contribution in [0.2, 0.25) is 0 Å². The average Bonchev–Trinajstić information content (AvgIpc) is 2.91. The number of aliphatic carboxylic acids is 1. The fourth-order valence-corrected chi connectivity index (χ4v) is 4.70. The summed E-state index contributed by atoms with van der Waals surface area (Å²) >= 11 is 0. The maximum Gasteiger partial charge on any atom is 0.258 e. The number of rotatable bonds is 9. The summed E-state index contributed by atoms with van der Waals surface area (Å²) in [6.45, 7) is 2.61. The van der Waals surface area contributed by atoms with Gasteiger partial charge in [0.25, 0.3) is 5.91 Å². The smallest absolute Gasteiger partial charge is 0.258 e. The van der Waals surface area contributed by atoms with Crippen LogP contribution in [0.5, 0.6) is 0 Å². The summed E-state index contributed by atoms with van der Waals surface area (Å²) in [4.78, 5) is 24.7. The van der Waals surface area contributed by atoms with E-state index >= 15 is 0 Å². The van der Waals surface area contributed by atoms with Gasteiger partial charge in [0.05, 0.1) is 10.6 Å². The van der Waals surface area contributed by atoms with Crippen molar-refractivity contribution in [1.82, 2.24) is 4.72 Å². The van der Waals surface area contributed by atoms with Crippen LogP contribution in [0.4, 0.5) is 5.69 Å². The molecule has 2 aromatic carbocycles. The van der Waals surface area contributed by atoms with Crippen molar-refractivity contribution in [3.8, 4) is 0 Å². The number of unbranched alkanes of at least 4 members (excludes halogenated alkanes) is 2. The highest BCUT2D eigenvalue weighted by molar-refractivity contribution is 7.89. The maximum atomic E-state index is 12.7. The number of anilines is 1. The molecule has 0 aromatic heterocycles. The van der Waals surface area contributed by atoms with Gasteiger partial charge in [0.1, 0.15) is 0 Å². The third-order valence-corrected chi connectivity index (χ3v) is 6.22. The van der Waals surface area contributed by atoms with Gasteiger partial charge in [-0.05, 0) is 44.4 Å². The normalized spacial score (nSPS) is 13.5. The number of nitrogens with one attached hydrogen (secondary N) is 1. The lowest BCUT2D eigenvalue weighted by Crippen LogP contribution is -2.26. The first-order valence-electron chi connectivity index (χ1n) is 8.94. The molecule has 144 valence electrons. The van der Waals surface area contributed by atoms with Gasteiger partial charge in [-0.1, -0.05) is 18.6 Å². The van der Waals surface area contributed by atoms with E-state index in [1.807, 2.05) is 6.92 Å². The fraction of sp³-hybridized carbons (Fsp3) is 0.368. The zero-order chi connectivity index (χ0) is 19.6. The van der Waals surface area contributed by atoms with Gasteiger partial charge >= 0.3 is 0 Å². The van der Waals surface area contributed by atoms with Crippen molar-refractivity contribution in [3.63, 3.8) is 0 Å². The number of hydrogen-bond donors (Lipinski definition) is 1. The van der Waals surface area contributed by atoms with E-state index in [2.05, 4.69) is 4.72 Å². The summed E-state index contributed by atoms with van der Waals surface area (Å²) in [7, 11) is -3.75. The van der Waals surface area contributed by atoms with Crippen molar-refractivity contribution in [2.75, 3.05) is 18.0 Å². The predicted octanol–water partition coefficient (Wildman–Crippen LogP) is 1.41. The van der Waals surface area contributed by atoms with Crippen molar-refractivity contribution in [3.05, 3.63) is 35.9 Å². The minimum atomic E-state index is -3.75. The summed E-state index contributed by atoms with van der Waals surface area (Å²) in [5, 5.41) is 11.6. The van der Waals surface area contributed by atoms with Crippen LogP contribution >= 0.6 is 0 Å². The lowest BCUT2D eigenvalue weighted by Gasteiger charge is -2.15. The number of hydrogen-bond acceptors (Lipinski definition) is 5. The topological polar surface area (TPSA) is 107 Å². The first-order chi connectivity index (χ1) is 12.9. The van der Waals surface area contributed by atoms with E-state index in [-0.39, 0.29) is 23.8 Å². The van der Waals surface area contributed by atoms with Crippen molar-refractivity contribution in [1.29, 1.82) is 0 Å². The standard InChI is InChI=1S/C19H22N2O5S/c1-2-21-15-10-11-16(13-7-6-8-14(18(13)15)19(21)24)27(25,26)20-12-5-3-4-9-17(22)23/h6-8,10-11,20H,2-5,9,12H2,1H3,(H,22,23)/p-1. The Morgan fingerprint density at radius 2 is 1.93 bits per heavy atom. The third-order valence-electron chi connectivity index (χ3n) is 4.70. The maximum absolute atomic E-state index is 12.7. The third kappa shape index (κ3) is 3.68. The largest absolute Gasteiger partial charge is 0.550 e. The Morgan fingerprint density at radius 1 is 1.15 bits per heavy atom. The van der Waals surface area contributed by atoms with Crippen LogP contribution in [0.25, 0.3) is 10.8 Å². The molecule has 0 bridgehead atoms. The van der Waals surface area contributed by atoms with Crippen LogP contribution in [-0.2, 0) is 14.8 Å². The van der Waals surface area contributed by atoms with Gasteiger partial charge in [-0.3, -0.25) is 4.79 Å². The minimum absolute atomic E-state index is 0.0242. The molecular weight excluding hydrogens is 368 g/mol. The number of carboxylic acid groups (broad SMARTS) is 1. The van der Waals surface area contributed by atoms with Crippen molar-refractivity contribution in [2.24, 2.45) is 0 Å². The Labute approximate surface area is 158 Å². The van der Waals surface area contributed by atoms with Gasteiger partial charge in [-0.25, -0.2) is 13.1 Å². The number of benzene rings is 2. The molecule has 1 aliphatic rings. The molecule has 1 amide bonds. The van der Waals surface area contributed by atoms with Gasteiger partial charge in [-0.2, -0.15) is 0 Å². The molecule has 27 heavy (non-hydrogen) atoms. The highest BCUT2D eigenvalue weighted by Crippen LogP contribution is 2.39. The molecule has 3 rings (SSSR count). The van der Waals surface area contributed by atoms with Crippen LogP contribution in [0, 0.1) is 0 Å². The predicted molar refractivity (Wildman–Crippen MR) is 100.0 cm³/mol. The van der Waals surface area contributed by atoms with Crippen LogP contribution < -0.4 is 14.7 Å². The number of nitrogens with zero attached hydrogens (tertiary/aromatic N) is 1. The Morgan fingerprint density at radius 3 is 2.63 bits per heavy atom. The minimum Gasteiger partial charge on any atom is -0.550 e. The van der Waals surface area contributed by atoms with Crippen molar-refractivity contribution in [2.45, 2.75) is 37.5 Å². The number of amides is 1. The van der Waals surface area contributed by atoms with Gasteiger partial charge in [-0.15, -0.1) is 0 Å². The zero-order valence-electron chi connectivity index (χ0n) is 15.0. The molecule has 0 saturated heterocycles. The highest BCUT2D eigenvalue weighted by Gasteiger charge is 2.31. The molecular formula is C19H21N2O5S-. The summed E-state index contributed by atoms with van der Waals surface area (Å²) in [6.07, 6.45) is 1.57. The molecule has 1 N–H and O–H groups in total. The van der Waals surface area contributed by atoms with Crippen molar-refractivity contribution < 1.29 is 23.1 Å². The summed E-state index contributed by atoms with van der Waals surface area (Å²) in [5.41, 5.74) is 1.25. The Kier molecular flexibility index (Phi) is 5.48. The summed E-state index contributed by atoms with van der Waals surface area (Å²) < 4.78 is 28.1. The number of sulfonamides is 1. The quantitative estimate of drug-likeness (QED) is 0.653. The molecule has 0 unspecified atom stereocenters.